The van der Waals surface area contributed by atoms with Crippen LogP contribution < -0.4 is 5.32 Å². The van der Waals surface area contributed by atoms with Gasteiger partial charge in [0, 0.05) is 35.1 Å². The average molecular weight is 439 g/mol. The number of para-hydroxylation sites is 1. The standard InChI is InChI=1S/C23H20F3N5O/c24-23(25,26)17-6-4-15(5-7-17)10-31-9-8-16-2-1-3-18(19(16)31)20(32)29-22-11-21(12-22,13-22)14-28-30-27/h1-9H,10-14H2,(H,29,32). The molecule has 3 aliphatic rings. The predicted molar refractivity (Wildman–Crippen MR) is 113 cm³/mol. The molecule has 0 aliphatic heterocycles. The van der Waals surface area contributed by atoms with E-state index in [0.717, 1.165) is 42.3 Å². The monoisotopic (exact) mass is 439 g/mol. The van der Waals surface area contributed by atoms with Gasteiger partial charge in [0.05, 0.1) is 16.6 Å². The van der Waals surface area contributed by atoms with Crippen LogP contribution in [-0.2, 0) is 12.7 Å². The van der Waals surface area contributed by atoms with Crippen LogP contribution in [0.5, 0.6) is 0 Å². The van der Waals surface area contributed by atoms with Crippen molar-refractivity contribution in [2.45, 2.75) is 37.5 Å². The van der Waals surface area contributed by atoms with Crippen molar-refractivity contribution < 1.29 is 18.0 Å². The van der Waals surface area contributed by atoms with E-state index in [1.54, 1.807) is 6.07 Å². The second-order valence-corrected chi connectivity index (χ2v) is 9.04. The number of nitrogens with zero attached hydrogens (tertiary/aromatic N) is 4. The van der Waals surface area contributed by atoms with E-state index in [1.807, 2.05) is 29.0 Å². The maximum atomic E-state index is 13.1. The number of hydrogen-bond acceptors (Lipinski definition) is 2. The van der Waals surface area contributed by atoms with Crippen molar-refractivity contribution in [1.29, 1.82) is 0 Å². The first-order valence-corrected chi connectivity index (χ1v) is 10.3. The molecule has 0 spiro atoms. The minimum atomic E-state index is -4.37. The molecular formula is C23H20F3N5O. The number of carbonyl (C=O) groups excluding carboxylic acids is 1. The van der Waals surface area contributed by atoms with Gasteiger partial charge < -0.3 is 9.88 Å². The Hall–Kier alpha value is -3.45. The number of benzene rings is 2. The number of hydrogen-bond donors (Lipinski definition) is 1. The van der Waals surface area contributed by atoms with E-state index in [2.05, 4.69) is 15.3 Å². The molecule has 6 rings (SSSR count). The lowest BCUT2D eigenvalue weighted by Gasteiger charge is -2.70. The number of fused-ring (bicyclic) bond motifs is 1. The first kappa shape index (κ1) is 20.5. The van der Waals surface area contributed by atoms with Crippen molar-refractivity contribution in [1.82, 2.24) is 9.88 Å². The van der Waals surface area contributed by atoms with Gasteiger partial charge in [0.25, 0.3) is 5.91 Å². The Kier molecular flexibility index (Phi) is 4.49. The number of alkyl halides is 3. The summed E-state index contributed by atoms with van der Waals surface area (Å²) in [6.07, 6.45) is -0.0894. The topological polar surface area (TPSA) is 82.8 Å². The van der Waals surface area contributed by atoms with E-state index in [4.69, 9.17) is 5.53 Å². The number of carbonyl (C=O) groups is 1. The van der Waals surface area contributed by atoms with E-state index in [0.29, 0.717) is 24.2 Å². The Balaban J connectivity index is 1.36. The maximum absolute atomic E-state index is 13.1. The number of aromatic nitrogens is 1. The average Bonchev–Trinajstić information content (AvgIpc) is 3.11. The molecule has 0 atom stereocenters. The smallest absolute Gasteiger partial charge is 0.346 e. The molecule has 2 aromatic carbocycles. The molecule has 164 valence electrons. The Morgan fingerprint density at radius 1 is 1.12 bits per heavy atom. The fraction of sp³-hybridized carbons (Fsp3) is 0.348. The van der Waals surface area contributed by atoms with Crippen molar-refractivity contribution in [2.24, 2.45) is 10.5 Å². The summed E-state index contributed by atoms with van der Waals surface area (Å²) >= 11 is 0. The molecule has 3 fully saturated rings. The fourth-order valence-electron chi connectivity index (χ4n) is 5.36. The van der Waals surface area contributed by atoms with Gasteiger partial charge in [-0.05, 0) is 60.0 Å². The van der Waals surface area contributed by atoms with Gasteiger partial charge in [-0.3, -0.25) is 4.79 Å². The first-order chi connectivity index (χ1) is 15.2. The third kappa shape index (κ3) is 3.39. The van der Waals surface area contributed by atoms with E-state index in [-0.39, 0.29) is 16.9 Å². The molecule has 3 aromatic rings. The molecule has 3 aliphatic carbocycles. The summed E-state index contributed by atoms with van der Waals surface area (Å²) in [4.78, 5) is 16.0. The summed E-state index contributed by atoms with van der Waals surface area (Å²) < 4.78 is 40.4. The van der Waals surface area contributed by atoms with Crippen molar-refractivity contribution in [3.8, 4) is 0 Å². The van der Waals surface area contributed by atoms with Gasteiger partial charge in [-0.15, -0.1) is 0 Å². The third-order valence-corrected chi connectivity index (χ3v) is 6.66. The van der Waals surface area contributed by atoms with Crippen LogP contribution in [0, 0.1) is 5.41 Å². The summed E-state index contributed by atoms with van der Waals surface area (Å²) in [5.41, 5.74) is 9.65. The SMILES string of the molecule is [N-]=[N+]=NCC12CC(NC(=O)c3cccc4ccn(Cc5ccc(C(F)(F)F)cc5)c34)(C1)C2. The van der Waals surface area contributed by atoms with Crippen LogP contribution in [-0.4, -0.2) is 22.6 Å². The zero-order chi connectivity index (χ0) is 22.6. The molecule has 0 unspecified atom stereocenters. The summed E-state index contributed by atoms with van der Waals surface area (Å²) in [7, 11) is 0. The lowest BCUT2D eigenvalue weighted by atomic mass is 9.39. The van der Waals surface area contributed by atoms with Crippen LogP contribution in [0.1, 0.15) is 40.7 Å². The molecule has 9 heteroatoms. The van der Waals surface area contributed by atoms with Gasteiger partial charge in [0.15, 0.2) is 0 Å². The highest BCUT2D eigenvalue weighted by Gasteiger charge is 2.67. The van der Waals surface area contributed by atoms with E-state index in [1.165, 1.54) is 12.1 Å². The zero-order valence-corrected chi connectivity index (χ0v) is 17.1. The molecule has 6 nitrogen and oxygen atoms in total. The number of halogens is 3. The molecular weight excluding hydrogens is 419 g/mol. The van der Waals surface area contributed by atoms with Crippen LogP contribution in [0.4, 0.5) is 13.2 Å². The van der Waals surface area contributed by atoms with Crippen LogP contribution in [0.3, 0.4) is 0 Å². The lowest BCUT2D eigenvalue weighted by Crippen LogP contribution is -2.75. The third-order valence-electron chi connectivity index (χ3n) is 6.66. The quantitative estimate of drug-likeness (QED) is 0.300. The highest BCUT2D eigenvalue weighted by molar-refractivity contribution is 6.06. The molecule has 1 N–H and O–H groups in total. The predicted octanol–water partition coefficient (Wildman–Crippen LogP) is 5.67. The fourth-order valence-corrected chi connectivity index (χ4v) is 5.36. The lowest BCUT2D eigenvalue weighted by molar-refractivity contribution is -0.139. The molecule has 1 aromatic heterocycles. The highest BCUT2D eigenvalue weighted by Crippen LogP contribution is 2.67. The van der Waals surface area contributed by atoms with Crippen LogP contribution in [0.15, 0.2) is 59.8 Å². The van der Waals surface area contributed by atoms with E-state index < -0.39 is 11.7 Å². The van der Waals surface area contributed by atoms with Crippen LogP contribution in [0.2, 0.25) is 0 Å². The summed E-state index contributed by atoms with van der Waals surface area (Å²) in [6, 6.07) is 12.5. The number of rotatable bonds is 6. The summed E-state index contributed by atoms with van der Waals surface area (Å²) in [5, 5.41) is 7.73. The van der Waals surface area contributed by atoms with Crippen molar-refractivity contribution in [3.05, 3.63) is 81.9 Å². The van der Waals surface area contributed by atoms with E-state index in [9.17, 15) is 18.0 Å². The molecule has 1 amide bonds. The molecule has 32 heavy (non-hydrogen) atoms. The minimum Gasteiger partial charge on any atom is -0.346 e. The Morgan fingerprint density at radius 2 is 1.84 bits per heavy atom. The van der Waals surface area contributed by atoms with Crippen molar-refractivity contribution in [3.63, 3.8) is 0 Å². The highest BCUT2D eigenvalue weighted by atomic mass is 19.4. The zero-order valence-electron chi connectivity index (χ0n) is 17.1. The number of nitrogens with one attached hydrogen (secondary N) is 1. The Labute approximate surface area is 181 Å². The Morgan fingerprint density at radius 3 is 2.50 bits per heavy atom. The van der Waals surface area contributed by atoms with Crippen LogP contribution >= 0.6 is 0 Å². The van der Waals surface area contributed by atoms with Gasteiger partial charge in [-0.25, -0.2) is 0 Å². The molecule has 2 bridgehead atoms. The second kappa shape index (κ2) is 7.03. The van der Waals surface area contributed by atoms with Gasteiger partial charge in [-0.2, -0.15) is 13.2 Å². The van der Waals surface area contributed by atoms with Gasteiger partial charge in [-0.1, -0.05) is 29.4 Å². The largest absolute Gasteiger partial charge is 0.416 e. The summed E-state index contributed by atoms with van der Waals surface area (Å²) in [5.74, 6) is -0.167. The number of amides is 1. The summed E-state index contributed by atoms with van der Waals surface area (Å²) in [6.45, 7) is 0.818. The normalized spacial score (nSPS) is 23.7. The van der Waals surface area contributed by atoms with Crippen molar-refractivity contribution in [2.75, 3.05) is 6.54 Å². The molecule has 3 saturated carbocycles. The van der Waals surface area contributed by atoms with Gasteiger partial charge in [0.1, 0.15) is 0 Å². The van der Waals surface area contributed by atoms with Gasteiger partial charge >= 0.3 is 6.18 Å². The van der Waals surface area contributed by atoms with Crippen LogP contribution in [0.25, 0.3) is 21.3 Å². The second-order valence-electron chi connectivity index (χ2n) is 9.04. The molecule has 0 radical (unpaired) electrons. The van der Waals surface area contributed by atoms with E-state index >= 15 is 0 Å². The molecule has 0 saturated heterocycles. The number of azide groups is 1. The Bertz CT molecular complexity index is 1240. The van der Waals surface area contributed by atoms with Crippen molar-refractivity contribution >= 4 is 16.8 Å². The molecule has 1 heterocycles. The van der Waals surface area contributed by atoms with Gasteiger partial charge in [0.2, 0.25) is 0 Å². The first-order valence-electron chi connectivity index (χ1n) is 10.3. The maximum Gasteiger partial charge on any atom is 0.416 e. The minimum absolute atomic E-state index is 0.0360.